The van der Waals surface area contributed by atoms with Crippen molar-refractivity contribution < 1.29 is 31.3 Å². The van der Waals surface area contributed by atoms with Crippen LogP contribution in [0, 0.1) is 5.82 Å². The number of benzene rings is 3. The molecule has 0 amide bonds. The molecule has 0 aliphatic carbocycles. The van der Waals surface area contributed by atoms with Gasteiger partial charge in [0.15, 0.2) is 5.76 Å². The maximum Gasteiger partial charge on any atom is 0.339 e. The van der Waals surface area contributed by atoms with Gasteiger partial charge in [-0.05, 0) is 54.6 Å². The van der Waals surface area contributed by atoms with Gasteiger partial charge in [0.05, 0.1) is 17.7 Å². The fourth-order valence-corrected chi connectivity index (χ4v) is 4.06. The molecule has 0 N–H and O–H groups in total. The zero-order valence-electron chi connectivity index (χ0n) is 16.0. The van der Waals surface area contributed by atoms with E-state index in [2.05, 4.69) is 0 Å². The Hall–Kier alpha value is -3.36. The number of ether oxygens (including phenoxy) is 2. The average Bonchev–Trinajstić information content (AvgIpc) is 3.05. The fourth-order valence-electron chi connectivity index (χ4n) is 2.92. The molecule has 9 heteroatoms. The molecule has 31 heavy (non-hydrogen) atoms. The first kappa shape index (κ1) is 20.9. The van der Waals surface area contributed by atoms with Gasteiger partial charge in [0.2, 0.25) is 5.78 Å². The number of hydrogen-bond donors (Lipinski definition) is 0. The predicted octanol–water partition coefficient (Wildman–Crippen LogP) is 4.87. The van der Waals surface area contributed by atoms with Gasteiger partial charge in [0.1, 0.15) is 28.0 Å². The largest absolute Gasteiger partial charge is 0.497 e. The number of carbonyl (C=O) groups is 1. The molecule has 1 aliphatic heterocycles. The summed E-state index contributed by atoms with van der Waals surface area (Å²) in [6, 6.07) is 13.8. The van der Waals surface area contributed by atoms with E-state index in [1.807, 2.05) is 0 Å². The molecule has 0 radical (unpaired) electrons. The molecule has 1 heterocycles. The summed E-state index contributed by atoms with van der Waals surface area (Å²) in [6.45, 7) is 0. The van der Waals surface area contributed by atoms with Crippen LogP contribution < -0.4 is 13.7 Å². The van der Waals surface area contributed by atoms with E-state index in [1.54, 1.807) is 0 Å². The quantitative estimate of drug-likeness (QED) is 0.399. The number of ketones is 1. The number of carbonyl (C=O) groups excluding carboxylic acids is 1. The maximum absolute atomic E-state index is 14.0. The SMILES string of the molecule is COc1ccc(S(=O)(=O)Oc2ccc3c(c2)OC(=Cc2c(F)cccc2Cl)C3=O)cc1. The van der Waals surface area contributed by atoms with Gasteiger partial charge in [-0.3, -0.25) is 4.79 Å². The van der Waals surface area contributed by atoms with Crippen LogP contribution in [0.1, 0.15) is 15.9 Å². The summed E-state index contributed by atoms with van der Waals surface area (Å²) in [4.78, 5) is 12.5. The Bertz CT molecular complexity index is 1300. The number of Topliss-reactive ketones (excluding diaryl/α,β-unsaturated/α-hetero) is 1. The third-order valence-electron chi connectivity index (χ3n) is 4.47. The summed E-state index contributed by atoms with van der Waals surface area (Å²) in [7, 11) is -2.65. The summed E-state index contributed by atoms with van der Waals surface area (Å²) in [5.74, 6) is -0.700. The highest BCUT2D eigenvalue weighted by molar-refractivity contribution is 7.87. The average molecular weight is 461 g/mol. The molecule has 3 aromatic rings. The lowest BCUT2D eigenvalue weighted by Crippen LogP contribution is -2.09. The second-order valence-electron chi connectivity index (χ2n) is 6.45. The lowest BCUT2D eigenvalue weighted by molar-refractivity contribution is 0.101. The molecule has 0 aromatic heterocycles. The van der Waals surface area contributed by atoms with Crippen molar-refractivity contribution in [2.75, 3.05) is 7.11 Å². The predicted molar refractivity (Wildman–Crippen MR) is 112 cm³/mol. The number of fused-ring (bicyclic) bond motifs is 1. The van der Waals surface area contributed by atoms with E-state index in [1.165, 1.54) is 73.8 Å². The molecule has 4 rings (SSSR count). The van der Waals surface area contributed by atoms with Crippen molar-refractivity contribution in [1.29, 1.82) is 0 Å². The van der Waals surface area contributed by atoms with Crippen molar-refractivity contribution in [3.05, 3.63) is 88.4 Å². The van der Waals surface area contributed by atoms with Crippen LogP contribution in [0.15, 0.2) is 71.3 Å². The fraction of sp³-hybridized carbons (Fsp3) is 0.0455. The zero-order chi connectivity index (χ0) is 22.2. The van der Waals surface area contributed by atoms with E-state index >= 15 is 0 Å². The second-order valence-corrected chi connectivity index (χ2v) is 8.40. The highest BCUT2D eigenvalue weighted by Crippen LogP contribution is 2.36. The minimum Gasteiger partial charge on any atom is -0.497 e. The van der Waals surface area contributed by atoms with Crippen LogP contribution in [0.5, 0.6) is 17.2 Å². The normalized spacial score (nSPS) is 14.3. The van der Waals surface area contributed by atoms with Crippen LogP contribution in [0.4, 0.5) is 4.39 Å². The standard InChI is InChI=1S/C22H14ClFO6S/c1-28-13-5-8-15(9-6-13)31(26,27)30-14-7-10-16-20(11-14)29-21(22(16)25)12-17-18(23)3-2-4-19(17)24/h2-12H,1H3. The summed E-state index contributed by atoms with van der Waals surface area (Å²) in [5.41, 5.74) is 0.201. The number of allylic oxidation sites excluding steroid dienone is 1. The molecule has 0 bridgehead atoms. The Morgan fingerprint density at radius 1 is 1.03 bits per heavy atom. The lowest BCUT2D eigenvalue weighted by Gasteiger charge is -2.08. The van der Waals surface area contributed by atoms with E-state index in [0.29, 0.717) is 5.75 Å². The van der Waals surface area contributed by atoms with Gasteiger partial charge < -0.3 is 13.7 Å². The Morgan fingerprint density at radius 2 is 1.74 bits per heavy atom. The van der Waals surface area contributed by atoms with Gasteiger partial charge in [0, 0.05) is 11.6 Å². The van der Waals surface area contributed by atoms with Crippen molar-refractivity contribution in [3.8, 4) is 17.2 Å². The first-order valence-electron chi connectivity index (χ1n) is 8.89. The maximum atomic E-state index is 14.0. The molecule has 0 atom stereocenters. The van der Waals surface area contributed by atoms with Crippen molar-refractivity contribution in [2.24, 2.45) is 0 Å². The highest BCUT2D eigenvalue weighted by Gasteiger charge is 2.29. The molecule has 0 fully saturated rings. The van der Waals surface area contributed by atoms with Crippen molar-refractivity contribution in [3.63, 3.8) is 0 Å². The zero-order valence-corrected chi connectivity index (χ0v) is 17.5. The van der Waals surface area contributed by atoms with E-state index in [-0.39, 0.29) is 38.3 Å². The third-order valence-corrected chi connectivity index (χ3v) is 6.06. The smallest absolute Gasteiger partial charge is 0.339 e. The minimum absolute atomic E-state index is 0.0129. The number of hydrogen-bond acceptors (Lipinski definition) is 6. The first-order chi connectivity index (χ1) is 14.8. The molecular formula is C22H14ClFO6S. The van der Waals surface area contributed by atoms with Gasteiger partial charge in [-0.1, -0.05) is 17.7 Å². The highest BCUT2D eigenvalue weighted by atomic mass is 35.5. The van der Waals surface area contributed by atoms with E-state index in [9.17, 15) is 17.6 Å². The van der Waals surface area contributed by atoms with Crippen LogP contribution in [-0.2, 0) is 10.1 Å². The van der Waals surface area contributed by atoms with Crippen LogP contribution in [0.3, 0.4) is 0 Å². The van der Waals surface area contributed by atoms with Crippen LogP contribution >= 0.6 is 11.6 Å². The van der Waals surface area contributed by atoms with Crippen LogP contribution in [-0.4, -0.2) is 21.3 Å². The molecule has 0 unspecified atom stereocenters. The minimum atomic E-state index is -4.12. The molecule has 0 saturated heterocycles. The monoisotopic (exact) mass is 460 g/mol. The van der Waals surface area contributed by atoms with Crippen molar-refractivity contribution >= 4 is 33.6 Å². The Morgan fingerprint density at radius 3 is 2.42 bits per heavy atom. The van der Waals surface area contributed by atoms with Crippen LogP contribution in [0.2, 0.25) is 5.02 Å². The summed E-state index contributed by atoms with van der Waals surface area (Å²) in [5, 5.41) is 0.120. The Kier molecular flexibility index (Phi) is 5.43. The topological polar surface area (TPSA) is 78.9 Å². The van der Waals surface area contributed by atoms with Gasteiger partial charge in [0.25, 0.3) is 0 Å². The Labute approximate surface area is 182 Å². The summed E-state index contributed by atoms with van der Waals surface area (Å²) in [6.07, 6.45) is 1.20. The van der Waals surface area contributed by atoms with Crippen molar-refractivity contribution in [1.82, 2.24) is 0 Å². The number of methoxy groups -OCH3 is 1. The lowest BCUT2D eigenvalue weighted by atomic mass is 10.1. The number of rotatable bonds is 5. The first-order valence-corrected chi connectivity index (χ1v) is 10.7. The molecule has 3 aromatic carbocycles. The summed E-state index contributed by atoms with van der Waals surface area (Å²) >= 11 is 6.00. The molecular weight excluding hydrogens is 447 g/mol. The molecule has 6 nitrogen and oxygen atoms in total. The Balaban J connectivity index is 1.60. The van der Waals surface area contributed by atoms with Gasteiger partial charge in [-0.2, -0.15) is 8.42 Å². The molecule has 1 aliphatic rings. The van der Waals surface area contributed by atoms with E-state index in [0.717, 1.165) is 0 Å². The molecule has 0 saturated carbocycles. The molecule has 0 spiro atoms. The van der Waals surface area contributed by atoms with E-state index < -0.39 is 21.7 Å². The summed E-state index contributed by atoms with van der Waals surface area (Å²) < 4.78 is 54.7. The van der Waals surface area contributed by atoms with Gasteiger partial charge >= 0.3 is 10.1 Å². The van der Waals surface area contributed by atoms with Crippen LogP contribution in [0.25, 0.3) is 6.08 Å². The van der Waals surface area contributed by atoms with Gasteiger partial charge in [-0.15, -0.1) is 0 Å². The second kappa shape index (κ2) is 8.05. The van der Waals surface area contributed by atoms with Gasteiger partial charge in [-0.25, -0.2) is 4.39 Å². The molecule has 158 valence electrons. The third kappa shape index (κ3) is 4.12. The number of halogens is 2. The van der Waals surface area contributed by atoms with E-state index in [4.69, 9.17) is 25.3 Å². The van der Waals surface area contributed by atoms with Crippen molar-refractivity contribution in [2.45, 2.75) is 4.90 Å².